The highest BCUT2D eigenvalue weighted by Gasteiger charge is 2.11. The van der Waals surface area contributed by atoms with Gasteiger partial charge in [0, 0.05) is 17.2 Å². The molecule has 0 aliphatic carbocycles. The first-order valence-electron chi connectivity index (χ1n) is 5.75. The van der Waals surface area contributed by atoms with E-state index in [9.17, 15) is 0 Å². The Morgan fingerprint density at radius 2 is 1.83 bits per heavy atom. The highest BCUT2D eigenvalue weighted by molar-refractivity contribution is 6.30. The van der Waals surface area contributed by atoms with Crippen LogP contribution in [0.15, 0.2) is 36.4 Å². The van der Waals surface area contributed by atoms with Crippen molar-refractivity contribution in [1.82, 2.24) is 14.6 Å². The molecule has 0 aliphatic heterocycles. The van der Waals surface area contributed by atoms with Gasteiger partial charge in [-0.1, -0.05) is 41.9 Å². The van der Waals surface area contributed by atoms with Crippen molar-refractivity contribution in [3.8, 4) is 11.3 Å². The number of halogens is 1. The molecule has 0 spiro atoms. The molecule has 0 fully saturated rings. The molecule has 0 atom stereocenters. The van der Waals surface area contributed by atoms with E-state index >= 15 is 0 Å². The summed E-state index contributed by atoms with van der Waals surface area (Å²) in [5.41, 5.74) is 4.76. The van der Waals surface area contributed by atoms with Crippen molar-refractivity contribution in [2.24, 2.45) is 0 Å². The van der Waals surface area contributed by atoms with Gasteiger partial charge in [-0.2, -0.15) is 5.10 Å². The smallest absolute Gasteiger partial charge is 0.160 e. The molecule has 1 aromatic carbocycles. The average Bonchev–Trinajstić information content (AvgIpc) is 2.68. The van der Waals surface area contributed by atoms with Crippen molar-refractivity contribution < 1.29 is 0 Å². The molecular formula is C14H12ClN3. The Morgan fingerprint density at radius 1 is 1.11 bits per heavy atom. The van der Waals surface area contributed by atoms with Gasteiger partial charge in [-0.3, -0.25) is 0 Å². The molecule has 0 bridgehead atoms. The lowest BCUT2D eigenvalue weighted by Gasteiger charge is -2.03. The third-order valence-corrected chi connectivity index (χ3v) is 3.35. The molecule has 3 rings (SSSR count). The van der Waals surface area contributed by atoms with Crippen LogP contribution in [0.4, 0.5) is 0 Å². The summed E-state index contributed by atoms with van der Waals surface area (Å²) < 4.78 is 1.68. The topological polar surface area (TPSA) is 30.2 Å². The predicted molar refractivity (Wildman–Crippen MR) is 72.9 cm³/mol. The Labute approximate surface area is 110 Å². The summed E-state index contributed by atoms with van der Waals surface area (Å²) in [6.07, 6.45) is 0. The van der Waals surface area contributed by atoms with Crippen molar-refractivity contribution in [3.63, 3.8) is 0 Å². The Bertz CT molecular complexity index is 717. The average molecular weight is 258 g/mol. The summed E-state index contributed by atoms with van der Waals surface area (Å²) >= 11 is 6.26. The monoisotopic (exact) mass is 257 g/mol. The molecule has 90 valence electrons. The molecule has 0 aliphatic rings. The number of fused-ring (bicyclic) bond motifs is 1. The standard InChI is InChI=1S/C14H12ClN3/c1-9-10(2)17-18-13(15)8-12(16-14(9)18)11-6-4-3-5-7-11/h3-8H,1-2H3. The number of benzene rings is 1. The summed E-state index contributed by atoms with van der Waals surface area (Å²) in [5, 5.41) is 4.95. The normalized spacial score (nSPS) is 11.1. The Kier molecular flexibility index (Phi) is 2.56. The minimum atomic E-state index is 0.579. The fourth-order valence-corrected chi connectivity index (χ4v) is 2.17. The lowest BCUT2D eigenvalue weighted by Crippen LogP contribution is -1.95. The number of nitrogens with zero attached hydrogens (tertiary/aromatic N) is 3. The fourth-order valence-electron chi connectivity index (χ4n) is 1.95. The van der Waals surface area contributed by atoms with E-state index < -0.39 is 0 Å². The third-order valence-electron chi connectivity index (χ3n) is 3.08. The fraction of sp³-hybridized carbons (Fsp3) is 0.143. The molecule has 3 nitrogen and oxygen atoms in total. The van der Waals surface area contributed by atoms with E-state index in [4.69, 9.17) is 11.6 Å². The molecule has 0 N–H and O–H groups in total. The van der Waals surface area contributed by atoms with Crippen molar-refractivity contribution in [2.45, 2.75) is 13.8 Å². The Morgan fingerprint density at radius 3 is 2.56 bits per heavy atom. The highest BCUT2D eigenvalue weighted by atomic mass is 35.5. The second-order valence-electron chi connectivity index (χ2n) is 4.28. The molecule has 0 saturated carbocycles. The van der Waals surface area contributed by atoms with Crippen molar-refractivity contribution in [1.29, 1.82) is 0 Å². The number of aryl methyl sites for hydroxylation is 2. The second-order valence-corrected chi connectivity index (χ2v) is 4.66. The van der Waals surface area contributed by atoms with E-state index in [2.05, 4.69) is 10.1 Å². The zero-order valence-electron chi connectivity index (χ0n) is 10.2. The van der Waals surface area contributed by atoms with Crippen LogP contribution in [0, 0.1) is 13.8 Å². The van der Waals surface area contributed by atoms with E-state index in [1.807, 2.05) is 50.2 Å². The molecule has 0 radical (unpaired) electrons. The van der Waals surface area contributed by atoms with Gasteiger partial charge in [0.15, 0.2) is 5.65 Å². The van der Waals surface area contributed by atoms with Gasteiger partial charge in [0.05, 0.1) is 11.4 Å². The summed E-state index contributed by atoms with van der Waals surface area (Å²) in [6, 6.07) is 11.8. The third kappa shape index (κ3) is 1.68. The second kappa shape index (κ2) is 4.10. The van der Waals surface area contributed by atoms with Gasteiger partial charge in [0.1, 0.15) is 5.15 Å². The van der Waals surface area contributed by atoms with Crippen LogP contribution in [0.2, 0.25) is 5.15 Å². The number of hydrogen-bond acceptors (Lipinski definition) is 2. The maximum Gasteiger partial charge on any atom is 0.160 e. The number of hydrogen-bond donors (Lipinski definition) is 0. The largest absolute Gasteiger partial charge is 0.228 e. The van der Waals surface area contributed by atoms with Crippen LogP contribution in [0.25, 0.3) is 16.9 Å². The molecular weight excluding hydrogens is 246 g/mol. The molecule has 4 heteroatoms. The SMILES string of the molecule is Cc1nn2c(Cl)cc(-c3ccccc3)nc2c1C. The van der Waals surface area contributed by atoms with Crippen LogP contribution < -0.4 is 0 Å². The van der Waals surface area contributed by atoms with Crippen molar-refractivity contribution in [2.75, 3.05) is 0 Å². The maximum absolute atomic E-state index is 6.26. The van der Waals surface area contributed by atoms with Crippen molar-refractivity contribution >= 4 is 17.2 Å². The Balaban J connectivity index is 2.30. The van der Waals surface area contributed by atoms with Gasteiger partial charge < -0.3 is 0 Å². The van der Waals surface area contributed by atoms with E-state index in [0.29, 0.717) is 5.15 Å². The minimum absolute atomic E-state index is 0.579. The quantitative estimate of drug-likeness (QED) is 0.623. The summed E-state index contributed by atoms with van der Waals surface area (Å²) in [4.78, 5) is 4.64. The molecule has 0 amide bonds. The molecule has 2 heterocycles. The minimum Gasteiger partial charge on any atom is -0.228 e. The number of rotatable bonds is 1. The van der Waals surface area contributed by atoms with Crippen LogP contribution in [0.5, 0.6) is 0 Å². The maximum atomic E-state index is 6.26. The van der Waals surface area contributed by atoms with Crippen LogP contribution in [0.3, 0.4) is 0 Å². The first-order chi connectivity index (χ1) is 8.66. The van der Waals surface area contributed by atoms with Crippen molar-refractivity contribution in [3.05, 3.63) is 52.8 Å². The molecule has 0 saturated heterocycles. The first-order valence-corrected chi connectivity index (χ1v) is 6.12. The van der Waals surface area contributed by atoms with E-state index in [1.54, 1.807) is 4.52 Å². The molecule has 18 heavy (non-hydrogen) atoms. The van der Waals surface area contributed by atoms with Crippen LogP contribution >= 0.6 is 11.6 Å². The van der Waals surface area contributed by atoms with Crippen LogP contribution in [-0.2, 0) is 0 Å². The number of aromatic nitrogens is 3. The molecule has 2 aromatic heterocycles. The van der Waals surface area contributed by atoms with Gasteiger partial charge >= 0.3 is 0 Å². The molecule has 3 aromatic rings. The van der Waals surface area contributed by atoms with Gasteiger partial charge in [0.2, 0.25) is 0 Å². The van der Waals surface area contributed by atoms with E-state index in [-0.39, 0.29) is 0 Å². The lowest BCUT2D eigenvalue weighted by atomic mass is 10.1. The first kappa shape index (κ1) is 11.2. The van der Waals surface area contributed by atoms with Gasteiger partial charge in [0.25, 0.3) is 0 Å². The van der Waals surface area contributed by atoms with Gasteiger partial charge in [-0.05, 0) is 13.8 Å². The Hall–Kier alpha value is -1.87. The van der Waals surface area contributed by atoms with E-state index in [0.717, 1.165) is 28.2 Å². The summed E-state index contributed by atoms with van der Waals surface area (Å²) in [6.45, 7) is 3.97. The zero-order valence-corrected chi connectivity index (χ0v) is 10.9. The van der Waals surface area contributed by atoms with Gasteiger partial charge in [-0.15, -0.1) is 0 Å². The summed E-state index contributed by atoms with van der Waals surface area (Å²) in [7, 11) is 0. The summed E-state index contributed by atoms with van der Waals surface area (Å²) in [5.74, 6) is 0. The lowest BCUT2D eigenvalue weighted by molar-refractivity contribution is 0.919. The van der Waals surface area contributed by atoms with Gasteiger partial charge in [-0.25, -0.2) is 9.50 Å². The molecule has 0 unspecified atom stereocenters. The van der Waals surface area contributed by atoms with Crippen LogP contribution in [0.1, 0.15) is 11.3 Å². The van der Waals surface area contributed by atoms with Crippen LogP contribution in [-0.4, -0.2) is 14.6 Å². The highest BCUT2D eigenvalue weighted by Crippen LogP contribution is 2.24. The van der Waals surface area contributed by atoms with E-state index in [1.165, 1.54) is 0 Å². The zero-order chi connectivity index (χ0) is 12.7. The predicted octanol–water partition coefficient (Wildman–Crippen LogP) is 3.67.